The molecule has 3 aromatic carbocycles. The van der Waals surface area contributed by atoms with Crippen molar-refractivity contribution in [3.05, 3.63) is 100 Å². The van der Waals surface area contributed by atoms with Gasteiger partial charge in [0.05, 0.1) is 29.9 Å². The van der Waals surface area contributed by atoms with E-state index >= 15 is 0 Å². The molecule has 1 atom stereocenters. The summed E-state index contributed by atoms with van der Waals surface area (Å²) in [5, 5.41) is 20.5. The monoisotopic (exact) mass is 480 g/mol. The van der Waals surface area contributed by atoms with Gasteiger partial charge in [0.15, 0.2) is 0 Å². The molecule has 1 saturated heterocycles. The number of hydrogen-bond donors (Lipinski definition) is 1. The molecule has 1 N–H and O–H groups in total. The second-order valence-corrected chi connectivity index (χ2v) is 9.43. The molecule has 1 unspecified atom stereocenters. The fourth-order valence-corrected chi connectivity index (χ4v) is 4.32. The smallest absolute Gasteiger partial charge is 0.300 e. The third-order valence-corrected chi connectivity index (χ3v) is 6.10. The Morgan fingerprint density at radius 1 is 1.06 bits per heavy atom. The lowest BCUT2D eigenvalue weighted by molar-refractivity contribution is -0.132. The van der Waals surface area contributed by atoms with E-state index in [4.69, 9.17) is 10.00 Å². The largest absolute Gasteiger partial charge is 0.507 e. The Labute approximate surface area is 211 Å². The highest BCUT2D eigenvalue weighted by atomic mass is 16.5. The second-order valence-electron chi connectivity index (χ2n) is 9.43. The van der Waals surface area contributed by atoms with E-state index in [1.54, 1.807) is 42.5 Å². The maximum Gasteiger partial charge on any atom is 0.300 e. The van der Waals surface area contributed by atoms with Crippen molar-refractivity contribution in [2.45, 2.75) is 33.7 Å². The van der Waals surface area contributed by atoms with Crippen molar-refractivity contribution in [1.29, 1.82) is 5.26 Å². The van der Waals surface area contributed by atoms with Crippen LogP contribution < -0.4 is 9.64 Å². The van der Waals surface area contributed by atoms with Gasteiger partial charge in [0.2, 0.25) is 0 Å². The molecule has 6 heteroatoms. The normalized spacial score (nSPS) is 16.9. The lowest BCUT2D eigenvalue weighted by Crippen LogP contribution is -2.29. The molecule has 1 aliphatic heterocycles. The Morgan fingerprint density at radius 3 is 2.39 bits per heavy atom. The standard InChI is InChI=1S/C30H28N2O4/c1-18(2)17-36-25-13-10-23(15-20(25)4)28(33)26-27(22-7-5-6-19(3)14-22)32(30(35)29(26)34)24-11-8-21(16-31)9-12-24/h5-15,18,27,33H,17H2,1-4H3/b28-26-. The summed E-state index contributed by atoms with van der Waals surface area (Å²) < 4.78 is 5.84. The first-order chi connectivity index (χ1) is 17.2. The third kappa shape index (κ3) is 4.73. The number of nitriles is 1. The Balaban J connectivity index is 1.85. The van der Waals surface area contributed by atoms with Crippen LogP contribution in [0.2, 0.25) is 0 Å². The number of amides is 1. The molecule has 182 valence electrons. The first-order valence-electron chi connectivity index (χ1n) is 11.8. The van der Waals surface area contributed by atoms with E-state index in [1.807, 2.05) is 38.1 Å². The van der Waals surface area contributed by atoms with Gasteiger partial charge in [-0.15, -0.1) is 0 Å². The minimum absolute atomic E-state index is 0.0187. The van der Waals surface area contributed by atoms with Crippen LogP contribution in [-0.2, 0) is 9.59 Å². The molecule has 0 bridgehead atoms. The number of ether oxygens (including phenoxy) is 1. The van der Waals surface area contributed by atoms with Gasteiger partial charge in [0.1, 0.15) is 11.5 Å². The maximum absolute atomic E-state index is 13.3. The topological polar surface area (TPSA) is 90.6 Å². The van der Waals surface area contributed by atoms with Crippen molar-refractivity contribution in [2.75, 3.05) is 11.5 Å². The van der Waals surface area contributed by atoms with Crippen molar-refractivity contribution in [2.24, 2.45) is 5.92 Å². The van der Waals surface area contributed by atoms with Crippen molar-refractivity contribution < 1.29 is 19.4 Å². The van der Waals surface area contributed by atoms with Gasteiger partial charge in [-0.25, -0.2) is 0 Å². The Bertz CT molecular complexity index is 1400. The summed E-state index contributed by atoms with van der Waals surface area (Å²) in [4.78, 5) is 28.0. The van der Waals surface area contributed by atoms with Crippen molar-refractivity contribution >= 4 is 23.1 Å². The number of carbonyl (C=O) groups is 2. The molecule has 0 saturated carbocycles. The summed E-state index contributed by atoms with van der Waals surface area (Å²) in [6.45, 7) is 8.49. The molecule has 36 heavy (non-hydrogen) atoms. The van der Waals surface area contributed by atoms with Crippen molar-refractivity contribution in [3.8, 4) is 11.8 Å². The van der Waals surface area contributed by atoms with Gasteiger partial charge in [-0.1, -0.05) is 43.7 Å². The van der Waals surface area contributed by atoms with Crippen LogP contribution in [-0.4, -0.2) is 23.4 Å². The Kier molecular flexibility index (Phi) is 6.93. The maximum atomic E-state index is 13.3. The predicted octanol–water partition coefficient (Wildman–Crippen LogP) is 5.84. The quantitative estimate of drug-likeness (QED) is 0.272. The van der Waals surface area contributed by atoms with Crippen molar-refractivity contribution in [3.63, 3.8) is 0 Å². The summed E-state index contributed by atoms with van der Waals surface area (Å²) >= 11 is 0. The van der Waals surface area contributed by atoms with Crippen LogP contribution in [0.15, 0.2) is 72.3 Å². The first kappa shape index (κ1) is 24.7. The van der Waals surface area contributed by atoms with Crippen LogP contribution in [0.1, 0.15) is 47.7 Å². The van der Waals surface area contributed by atoms with Gasteiger partial charge in [-0.05, 0) is 73.4 Å². The lowest BCUT2D eigenvalue weighted by atomic mass is 9.93. The SMILES string of the molecule is Cc1cccc(C2/C(=C(/O)c3ccc(OCC(C)C)c(C)c3)C(=O)C(=O)N2c2ccc(C#N)cc2)c1. The molecular formula is C30H28N2O4. The molecular weight excluding hydrogens is 452 g/mol. The molecule has 1 fully saturated rings. The number of rotatable bonds is 6. The molecule has 0 spiro atoms. The van der Waals surface area contributed by atoms with E-state index in [1.165, 1.54) is 4.90 Å². The summed E-state index contributed by atoms with van der Waals surface area (Å²) in [7, 11) is 0. The zero-order valence-electron chi connectivity index (χ0n) is 20.8. The first-order valence-corrected chi connectivity index (χ1v) is 11.8. The molecule has 4 rings (SSSR count). The average Bonchev–Trinajstić information content (AvgIpc) is 3.13. The van der Waals surface area contributed by atoms with E-state index in [2.05, 4.69) is 19.9 Å². The number of carbonyl (C=O) groups excluding carboxylic acids is 2. The van der Waals surface area contributed by atoms with E-state index < -0.39 is 17.7 Å². The number of hydrogen-bond acceptors (Lipinski definition) is 5. The summed E-state index contributed by atoms with van der Waals surface area (Å²) in [6.07, 6.45) is 0. The van der Waals surface area contributed by atoms with Crippen molar-refractivity contribution in [1.82, 2.24) is 0 Å². The molecule has 1 aliphatic rings. The van der Waals surface area contributed by atoms with Crippen LogP contribution in [0.25, 0.3) is 5.76 Å². The number of benzene rings is 3. The summed E-state index contributed by atoms with van der Waals surface area (Å²) in [5.41, 5.74) is 3.83. The van der Waals surface area contributed by atoms with E-state index in [0.29, 0.717) is 40.7 Å². The zero-order chi connectivity index (χ0) is 26.0. The highest BCUT2D eigenvalue weighted by molar-refractivity contribution is 6.51. The van der Waals surface area contributed by atoms with Gasteiger partial charge < -0.3 is 9.84 Å². The molecule has 6 nitrogen and oxygen atoms in total. The average molecular weight is 481 g/mol. The number of aryl methyl sites for hydroxylation is 2. The fourth-order valence-electron chi connectivity index (χ4n) is 4.32. The number of nitrogens with zero attached hydrogens (tertiary/aromatic N) is 2. The number of aliphatic hydroxyl groups is 1. The minimum atomic E-state index is -0.824. The van der Waals surface area contributed by atoms with Gasteiger partial charge in [-0.3, -0.25) is 14.5 Å². The van der Waals surface area contributed by atoms with E-state index in [9.17, 15) is 14.7 Å². The van der Waals surface area contributed by atoms with Crippen LogP contribution in [0.4, 0.5) is 5.69 Å². The van der Waals surface area contributed by atoms with Gasteiger partial charge in [0, 0.05) is 11.3 Å². The fraction of sp³-hybridized carbons (Fsp3) is 0.233. The molecule has 0 aromatic heterocycles. The van der Waals surface area contributed by atoms with E-state index in [0.717, 1.165) is 11.1 Å². The van der Waals surface area contributed by atoms with Crippen LogP contribution in [0.5, 0.6) is 5.75 Å². The van der Waals surface area contributed by atoms with Crippen LogP contribution in [0.3, 0.4) is 0 Å². The third-order valence-electron chi connectivity index (χ3n) is 6.10. The molecule has 0 aliphatic carbocycles. The highest BCUT2D eigenvalue weighted by Crippen LogP contribution is 2.42. The minimum Gasteiger partial charge on any atom is -0.507 e. The van der Waals surface area contributed by atoms with Crippen LogP contribution in [0, 0.1) is 31.1 Å². The lowest BCUT2D eigenvalue weighted by Gasteiger charge is -2.25. The zero-order valence-corrected chi connectivity index (χ0v) is 20.8. The second kappa shape index (κ2) is 10.1. The van der Waals surface area contributed by atoms with Gasteiger partial charge in [-0.2, -0.15) is 5.26 Å². The van der Waals surface area contributed by atoms with Gasteiger partial charge >= 0.3 is 0 Å². The van der Waals surface area contributed by atoms with Gasteiger partial charge in [0.25, 0.3) is 11.7 Å². The highest BCUT2D eigenvalue weighted by Gasteiger charge is 2.47. The summed E-state index contributed by atoms with van der Waals surface area (Å²) in [5.74, 6) is -0.671. The Hall–Kier alpha value is -4.37. The number of Topliss-reactive ketones (excluding diaryl/α,β-unsaturated/α-hetero) is 1. The molecule has 1 heterocycles. The predicted molar refractivity (Wildman–Crippen MR) is 139 cm³/mol. The van der Waals surface area contributed by atoms with E-state index in [-0.39, 0.29) is 11.3 Å². The van der Waals surface area contributed by atoms with Crippen LogP contribution >= 0.6 is 0 Å². The molecule has 1 amide bonds. The molecule has 3 aromatic rings. The summed E-state index contributed by atoms with van der Waals surface area (Å²) in [6, 6.07) is 20.4. The molecule has 0 radical (unpaired) electrons. The number of ketones is 1. The number of anilines is 1. The Morgan fingerprint density at radius 2 is 1.78 bits per heavy atom. The number of aliphatic hydroxyl groups excluding tert-OH is 1.